The molecule has 1 amide bonds. The lowest BCUT2D eigenvalue weighted by molar-refractivity contribution is -0.127. The van der Waals surface area contributed by atoms with E-state index in [0.717, 1.165) is 19.5 Å². The quantitative estimate of drug-likeness (QED) is 0.760. The highest BCUT2D eigenvalue weighted by atomic mass is 32.2. The standard InChI is InChI=1S/C15H21N3O3S/c1-2-7-18(10-12-3-4-12)15(19)13-5-6-14-16-22(20,21)9-8-17(14)11-13/h5-6,11-12H,2-4,7-10H2,1H3. The molecule has 3 aliphatic rings. The minimum atomic E-state index is -3.35. The first kappa shape index (κ1) is 15.3. The van der Waals surface area contributed by atoms with Gasteiger partial charge < -0.3 is 9.80 Å². The number of hydrogen-bond donors (Lipinski definition) is 0. The molecular formula is C15H21N3O3S. The van der Waals surface area contributed by atoms with Gasteiger partial charge in [-0.3, -0.25) is 4.79 Å². The van der Waals surface area contributed by atoms with Gasteiger partial charge in [-0.2, -0.15) is 0 Å². The zero-order chi connectivity index (χ0) is 15.7. The van der Waals surface area contributed by atoms with Gasteiger partial charge >= 0.3 is 0 Å². The molecule has 0 unspecified atom stereocenters. The van der Waals surface area contributed by atoms with E-state index in [1.807, 2.05) is 4.90 Å². The molecule has 2 heterocycles. The zero-order valence-corrected chi connectivity index (χ0v) is 13.6. The van der Waals surface area contributed by atoms with E-state index in [-0.39, 0.29) is 11.7 Å². The molecule has 0 spiro atoms. The lowest BCUT2D eigenvalue weighted by atomic mass is 10.1. The van der Waals surface area contributed by atoms with Crippen molar-refractivity contribution in [2.75, 3.05) is 25.4 Å². The van der Waals surface area contributed by atoms with Gasteiger partial charge in [-0.05, 0) is 37.3 Å². The Morgan fingerprint density at radius 3 is 2.86 bits per heavy atom. The third-order valence-corrected chi connectivity index (χ3v) is 5.19. The fourth-order valence-corrected chi connectivity index (χ4v) is 3.64. The molecule has 0 N–H and O–H groups in total. The van der Waals surface area contributed by atoms with Crippen LogP contribution < -0.4 is 0 Å². The Balaban J connectivity index is 1.76. The maximum absolute atomic E-state index is 12.7. The first-order chi connectivity index (χ1) is 10.5. The summed E-state index contributed by atoms with van der Waals surface area (Å²) in [4.78, 5) is 16.3. The normalized spacial score (nSPS) is 22.7. The van der Waals surface area contributed by atoms with Crippen molar-refractivity contribution < 1.29 is 13.2 Å². The van der Waals surface area contributed by atoms with Crippen LogP contribution in [0.15, 0.2) is 28.3 Å². The number of rotatable bonds is 5. The number of amidine groups is 1. The predicted octanol–water partition coefficient (Wildman–Crippen LogP) is 1.13. The Morgan fingerprint density at radius 1 is 1.41 bits per heavy atom. The second kappa shape index (κ2) is 5.87. The molecule has 120 valence electrons. The molecule has 0 atom stereocenters. The van der Waals surface area contributed by atoms with Crippen molar-refractivity contribution in [3.8, 4) is 0 Å². The molecule has 7 heteroatoms. The predicted molar refractivity (Wildman–Crippen MR) is 84.7 cm³/mol. The summed E-state index contributed by atoms with van der Waals surface area (Å²) in [5, 5.41) is 0. The van der Waals surface area contributed by atoms with Gasteiger partial charge in [0.1, 0.15) is 5.84 Å². The smallest absolute Gasteiger partial charge is 0.256 e. The molecular weight excluding hydrogens is 302 g/mol. The molecule has 0 radical (unpaired) electrons. The van der Waals surface area contributed by atoms with Crippen molar-refractivity contribution in [3.63, 3.8) is 0 Å². The van der Waals surface area contributed by atoms with Gasteiger partial charge in [-0.25, -0.2) is 8.42 Å². The van der Waals surface area contributed by atoms with Crippen LogP contribution >= 0.6 is 0 Å². The number of nitrogens with zero attached hydrogens (tertiary/aromatic N) is 3. The van der Waals surface area contributed by atoms with E-state index in [1.54, 1.807) is 23.3 Å². The van der Waals surface area contributed by atoms with E-state index in [0.29, 0.717) is 23.9 Å². The van der Waals surface area contributed by atoms with E-state index < -0.39 is 10.0 Å². The fourth-order valence-electron chi connectivity index (χ4n) is 2.67. The van der Waals surface area contributed by atoms with Gasteiger partial charge in [0.15, 0.2) is 0 Å². The van der Waals surface area contributed by atoms with Gasteiger partial charge in [0.2, 0.25) is 0 Å². The van der Waals surface area contributed by atoms with Gasteiger partial charge in [0, 0.05) is 25.8 Å². The maximum atomic E-state index is 12.7. The van der Waals surface area contributed by atoms with Crippen molar-refractivity contribution in [1.82, 2.24) is 9.80 Å². The number of amides is 1. The van der Waals surface area contributed by atoms with Crippen molar-refractivity contribution in [1.29, 1.82) is 0 Å². The second-order valence-corrected chi connectivity index (χ2v) is 7.80. The van der Waals surface area contributed by atoms with E-state index in [2.05, 4.69) is 11.3 Å². The summed E-state index contributed by atoms with van der Waals surface area (Å²) in [6.45, 7) is 4.00. The Hall–Kier alpha value is -1.63. The number of sulfonamides is 1. The van der Waals surface area contributed by atoms with Crippen LogP contribution in [0, 0.1) is 5.92 Å². The highest BCUT2D eigenvalue weighted by Gasteiger charge is 2.29. The Bertz CT molecular complexity index is 660. The average molecular weight is 323 g/mol. The van der Waals surface area contributed by atoms with Gasteiger partial charge in [-0.1, -0.05) is 6.92 Å². The SMILES string of the molecule is CCCN(CC1CC1)C(=O)C1=CN2CCS(=O)(=O)N=C2C=C1. The lowest BCUT2D eigenvalue weighted by Gasteiger charge is -2.29. The monoisotopic (exact) mass is 323 g/mol. The summed E-state index contributed by atoms with van der Waals surface area (Å²) in [6.07, 6.45) is 8.38. The number of fused-ring (bicyclic) bond motifs is 1. The molecule has 0 aromatic carbocycles. The second-order valence-electron chi connectivity index (χ2n) is 6.04. The van der Waals surface area contributed by atoms with Crippen molar-refractivity contribution in [2.24, 2.45) is 10.3 Å². The molecule has 0 aromatic rings. The number of carbonyl (C=O) groups excluding carboxylic acids is 1. The van der Waals surface area contributed by atoms with Crippen LogP contribution in [0.3, 0.4) is 0 Å². The van der Waals surface area contributed by atoms with Crippen LogP contribution in [0.2, 0.25) is 0 Å². The third-order valence-electron chi connectivity index (χ3n) is 4.03. The van der Waals surface area contributed by atoms with Crippen LogP contribution in [0.5, 0.6) is 0 Å². The Labute approximate surface area is 131 Å². The van der Waals surface area contributed by atoms with Crippen molar-refractivity contribution in [2.45, 2.75) is 26.2 Å². The van der Waals surface area contributed by atoms with Crippen LogP contribution in [0.1, 0.15) is 26.2 Å². The maximum Gasteiger partial charge on any atom is 0.256 e. The molecule has 3 rings (SSSR count). The summed E-state index contributed by atoms with van der Waals surface area (Å²) in [5.74, 6) is 1.06. The molecule has 1 fully saturated rings. The molecule has 1 aliphatic carbocycles. The summed E-state index contributed by atoms with van der Waals surface area (Å²) < 4.78 is 26.7. The summed E-state index contributed by atoms with van der Waals surface area (Å²) in [6, 6.07) is 0. The van der Waals surface area contributed by atoms with E-state index in [4.69, 9.17) is 0 Å². The number of carbonyl (C=O) groups is 1. The molecule has 6 nitrogen and oxygen atoms in total. The number of hydrogen-bond acceptors (Lipinski definition) is 4. The van der Waals surface area contributed by atoms with Crippen LogP contribution in [-0.4, -0.2) is 55.3 Å². The Kier molecular flexibility index (Phi) is 4.08. The lowest BCUT2D eigenvalue weighted by Crippen LogP contribution is -2.39. The highest BCUT2D eigenvalue weighted by Crippen LogP contribution is 2.30. The van der Waals surface area contributed by atoms with Crippen molar-refractivity contribution >= 4 is 21.8 Å². The van der Waals surface area contributed by atoms with Crippen LogP contribution in [0.25, 0.3) is 0 Å². The van der Waals surface area contributed by atoms with Gasteiger partial charge in [0.25, 0.3) is 15.9 Å². The first-order valence-electron chi connectivity index (χ1n) is 7.77. The molecule has 0 aromatic heterocycles. The summed E-state index contributed by atoms with van der Waals surface area (Å²) >= 11 is 0. The molecule has 0 saturated heterocycles. The highest BCUT2D eigenvalue weighted by molar-refractivity contribution is 7.90. The minimum absolute atomic E-state index is 0.0109. The molecule has 0 bridgehead atoms. The zero-order valence-electron chi connectivity index (χ0n) is 12.7. The first-order valence-corrected chi connectivity index (χ1v) is 9.38. The Morgan fingerprint density at radius 2 is 2.18 bits per heavy atom. The van der Waals surface area contributed by atoms with Crippen LogP contribution in [-0.2, 0) is 14.8 Å². The summed E-state index contributed by atoms with van der Waals surface area (Å²) in [5.41, 5.74) is 0.604. The fraction of sp³-hybridized carbons (Fsp3) is 0.600. The molecule has 22 heavy (non-hydrogen) atoms. The van der Waals surface area contributed by atoms with E-state index >= 15 is 0 Å². The molecule has 2 aliphatic heterocycles. The topological polar surface area (TPSA) is 70.1 Å². The van der Waals surface area contributed by atoms with E-state index in [9.17, 15) is 13.2 Å². The minimum Gasteiger partial charge on any atom is -0.338 e. The van der Waals surface area contributed by atoms with E-state index in [1.165, 1.54) is 12.8 Å². The summed E-state index contributed by atoms with van der Waals surface area (Å²) in [7, 11) is -3.35. The van der Waals surface area contributed by atoms with Gasteiger partial charge in [-0.15, -0.1) is 4.40 Å². The largest absolute Gasteiger partial charge is 0.338 e. The average Bonchev–Trinajstić information content (AvgIpc) is 3.29. The van der Waals surface area contributed by atoms with Crippen LogP contribution in [0.4, 0.5) is 0 Å². The molecule has 1 saturated carbocycles. The van der Waals surface area contributed by atoms with Gasteiger partial charge in [0.05, 0.1) is 11.3 Å². The van der Waals surface area contributed by atoms with Crippen molar-refractivity contribution in [3.05, 3.63) is 23.9 Å². The third kappa shape index (κ3) is 3.40.